The average molecular weight is 640 g/mol. The van der Waals surface area contributed by atoms with Gasteiger partial charge in [-0.05, 0) is 58.7 Å². The minimum absolute atomic E-state index is 0.0339. The summed E-state index contributed by atoms with van der Waals surface area (Å²) in [7, 11) is 3.71. The zero-order valence-corrected chi connectivity index (χ0v) is 26.6. The van der Waals surface area contributed by atoms with Crippen LogP contribution in [0.2, 0.25) is 0 Å². The van der Waals surface area contributed by atoms with Crippen LogP contribution >= 0.6 is 11.3 Å². The number of likely N-dealkylation sites (N-methyl/N-ethyl adjacent to an activating group) is 1. The number of nitrogens with two attached hydrogens (primary N) is 1. The number of rotatable bonds is 5. The van der Waals surface area contributed by atoms with E-state index in [2.05, 4.69) is 40.5 Å². The molecule has 236 valence electrons. The molecule has 3 N–H and O–H groups in total. The first-order valence-electron chi connectivity index (χ1n) is 15.5. The first-order valence-corrected chi connectivity index (χ1v) is 16.3. The van der Waals surface area contributed by atoms with Crippen LogP contribution in [0, 0.1) is 11.3 Å². The van der Waals surface area contributed by atoms with E-state index < -0.39 is 5.41 Å². The Morgan fingerprint density at radius 3 is 2.98 bits per heavy atom. The van der Waals surface area contributed by atoms with E-state index in [1.807, 2.05) is 4.68 Å². The molecule has 1 spiro atoms. The van der Waals surface area contributed by atoms with Crippen molar-refractivity contribution in [1.82, 2.24) is 44.9 Å². The second-order valence-electron chi connectivity index (χ2n) is 12.4. The molecular formula is C31H33N11O3S. The molecule has 5 aromatic rings. The highest BCUT2D eigenvalue weighted by molar-refractivity contribution is 7.16. The van der Waals surface area contributed by atoms with Gasteiger partial charge in [-0.1, -0.05) is 5.16 Å². The molecule has 1 amide bonds. The van der Waals surface area contributed by atoms with E-state index in [4.69, 9.17) is 30.1 Å². The fraction of sp³-hybridized carbons (Fsp3) is 0.452. The quantitative estimate of drug-likeness (QED) is 0.288. The predicted octanol–water partition coefficient (Wildman–Crippen LogP) is 3.35. The summed E-state index contributed by atoms with van der Waals surface area (Å²) in [6, 6.07) is 4.31. The Morgan fingerprint density at radius 2 is 2.20 bits per heavy atom. The fourth-order valence-electron chi connectivity index (χ4n) is 7.61. The number of anilines is 1. The van der Waals surface area contributed by atoms with Crippen LogP contribution in [0.4, 0.5) is 5.00 Å². The highest BCUT2D eigenvalue weighted by Crippen LogP contribution is 2.52. The highest BCUT2D eigenvalue weighted by atomic mass is 32.1. The van der Waals surface area contributed by atoms with Crippen molar-refractivity contribution in [2.45, 2.75) is 63.1 Å². The van der Waals surface area contributed by atoms with E-state index in [9.17, 15) is 10.1 Å². The first-order chi connectivity index (χ1) is 22.3. The third kappa shape index (κ3) is 4.13. The lowest BCUT2D eigenvalue weighted by atomic mass is 9.68. The smallest absolute Gasteiger partial charge is 0.271 e. The molecule has 15 heteroatoms. The predicted molar refractivity (Wildman–Crippen MR) is 169 cm³/mol. The number of aryl methyl sites for hydroxylation is 1. The number of carbonyl (C=O) groups is 1. The van der Waals surface area contributed by atoms with E-state index >= 15 is 0 Å². The van der Waals surface area contributed by atoms with E-state index in [0.29, 0.717) is 57.3 Å². The monoisotopic (exact) mass is 639 g/mol. The molecule has 3 aliphatic rings. The minimum Gasteiger partial charge on any atom is -0.389 e. The Kier molecular flexibility index (Phi) is 6.71. The zero-order chi connectivity index (χ0) is 31.7. The summed E-state index contributed by atoms with van der Waals surface area (Å²) in [5.41, 5.74) is 9.14. The maximum atomic E-state index is 12.4. The third-order valence-corrected chi connectivity index (χ3v) is 10.9. The Morgan fingerprint density at radius 1 is 1.33 bits per heavy atom. The molecule has 5 aromatic heterocycles. The van der Waals surface area contributed by atoms with Crippen molar-refractivity contribution in [2.24, 2.45) is 0 Å². The summed E-state index contributed by atoms with van der Waals surface area (Å²) in [6.45, 7) is 3.82. The minimum atomic E-state index is -0.674. The number of nitrogens with one attached hydrogen (secondary N) is 1. The van der Waals surface area contributed by atoms with Gasteiger partial charge in [-0.3, -0.25) is 4.79 Å². The maximum absolute atomic E-state index is 12.4. The lowest BCUT2D eigenvalue weighted by Crippen LogP contribution is -2.40. The van der Waals surface area contributed by atoms with E-state index in [1.165, 1.54) is 11.3 Å². The second-order valence-corrected chi connectivity index (χ2v) is 13.5. The molecule has 3 atom stereocenters. The Hall–Kier alpha value is -4.65. The largest absolute Gasteiger partial charge is 0.389 e. The first kappa shape index (κ1) is 28.8. The van der Waals surface area contributed by atoms with Crippen molar-refractivity contribution in [1.29, 1.82) is 5.26 Å². The third-order valence-electron chi connectivity index (χ3n) is 9.85. The molecule has 1 aliphatic carbocycles. The number of ether oxygens (including phenoxy) is 1. The summed E-state index contributed by atoms with van der Waals surface area (Å²) in [5.74, 6) is 1.17. The topological polar surface area (TPSA) is 179 Å². The van der Waals surface area contributed by atoms with Crippen LogP contribution in [-0.4, -0.2) is 78.8 Å². The maximum Gasteiger partial charge on any atom is 0.271 e. The standard InChI is InChI=1S/C31H33N11O3S/c1-16(21-6-5-10-40(21)3)42-29-18(13-35-42)28(41-11-8-20(38-41)30(43)34-2)36-27(37-29)24-19-14-44-15-31(25(19)45-39-24)9-4-7-22-23(31)17(12-32)26(33)46-22/h8,11,13,16,21H,4-7,9-10,14-15,33H2,1-3H3,(H,34,43). The summed E-state index contributed by atoms with van der Waals surface area (Å²) >= 11 is 1.47. The highest BCUT2D eigenvalue weighted by Gasteiger charge is 2.50. The number of amides is 1. The summed E-state index contributed by atoms with van der Waals surface area (Å²) in [5, 5.41) is 27.8. The van der Waals surface area contributed by atoms with Gasteiger partial charge in [0.05, 0.1) is 47.4 Å². The molecule has 2 aliphatic heterocycles. The van der Waals surface area contributed by atoms with Gasteiger partial charge in [0.25, 0.3) is 5.91 Å². The number of aromatic nitrogens is 7. The fourth-order valence-corrected chi connectivity index (χ4v) is 8.78. The molecule has 7 heterocycles. The number of likely N-dealkylation sites (tertiary alicyclic amines) is 1. The number of carbonyl (C=O) groups excluding carboxylic acids is 1. The van der Waals surface area contributed by atoms with E-state index in [-0.39, 0.29) is 24.2 Å². The van der Waals surface area contributed by atoms with Crippen molar-refractivity contribution in [3.05, 3.63) is 51.5 Å². The van der Waals surface area contributed by atoms with Gasteiger partial charge in [-0.15, -0.1) is 11.3 Å². The van der Waals surface area contributed by atoms with Crippen LogP contribution in [0.1, 0.15) is 76.5 Å². The Labute approximate surface area is 268 Å². The molecule has 1 saturated heterocycles. The lowest BCUT2D eigenvalue weighted by Gasteiger charge is -2.38. The molecule has 0 saturated carbocycles. The number of nitrogens with zero attached hydrogens (tertiary/aromatic N) is 9. The molecule has 0 radical (unpaired) electrons. The van der Waals surface area contributed by atoms with Gasteiger partial charge in [0, 0.05) is 29.7 Å². The lowest BCUT2D eigenvalue weighted by molar-refractivity contribution is 0.0459. The Balaban J connectivity index is 1.31. The zero-order valence-electron chi connectivity index (χ0n) is 25.8. The molecule has 14 nitrogen and oxygen atoms in total. The Bertz CT molecular complexity index is 2050. The van der Waals surface area contributed by atoms with Crippen molar-refractivity contribution >= 4 is 33.3 Å². The summed E-state index contributed by atoms with van der Waals surface area (Å²) < 4.78 is 16.0. The van der Waals surface area contributed by atoms with Gasteiger partial charge in [-0.2, -0.15) is 15.5 Å². The van der Waals surface area contributed by atoms with E-state index in [0.717, 1.165) is 54.7 Å². The van der Waals surface area contributed by atoms with Crippen LogP contribution in [-0.2, 0) is 23.2 Å². The van der Waals surface area contributed by atoms with E-state index in [1.54, 1.807) is 30.2 Å². The van der Waals surface area contributed by atoms with Crippen molar-refractivity contribution < 1.29 is 14.1 Å². The molecule has 3 unspecified atom stereocenters. The van der Waals surface area contributed by atoms with Gasteiger partial charge >= 0.3 is 0 Å². The van der Waals surface area contributed by atoms with Crippen LogP contribution in [0.15, 0.2) is 23.0 Å². The number of hydrogen-bond acceptors (Lipinski definition) is 12. The van der Waals surface area contributed by atoms with Crippen molar-refractivity contribution in [2.75, 3.05) is 33.0 Å². The molecule has 0 aromatic carbocycles. The average Bonchev–Trinajstić information content (AvgIpc) is 3.89. The summed E-state index contributed by atoms with van der Waals surface area (Å²) in [6.07, 6.45) is 8.15. The van der Waals surface area contributed by atoms with Crippen LogP contribution in [0.3, 0.4) is 0 Å². The van der Waals surface area contributed by atoms with Gasteiger partial charge in [0.15, 0.2) is 34.4 Å². The SMILES string of the molecule is CNC(=O)c1ccn(-c2nc(-c3noc4c3COCC43CCCc4sc(N)c(C#N)c43)nc3c2cnn3C(C)C2CCCN2C)n1. The van der Waals surface area contributed by atoms with Crippen molar-refractivity contribution in [3.8, 4) is 23.4 Å². The van der Waals surface area contributed by atoms with Crippen LogP contribution in [0.5, 0.6) is 0 Å². The molecule has 8 rings (SSSR count). The number of nitrogen functional groups attached to an aromatic ring is 1. The van der Waals surface area contributed by atoms with Gasteiger partial charge < -0.3 is 25.2 Å². The van der Waals surface area contributed by atoms with Crippen molar-refractivity contribution in [3.63, 3.8) is 0 Å². The van der Waals surface area contributed by atoms with Gasteiger partial charge in [0.2, 0.25) is 0 Å². The number of nitriles is 1. The number of thiophene rings is 1. The molecule has 1 fully saturated rings. The number of hydrogen-bond donors (Lipinski definition) is 2. The molecule has 46 heavy (non-hydrogen) atoms. The molecule has 0 bridgehead atoms. The normalized spacial score (nSPS) is 21.7. The molecular weight excluding hydrogens is 606 g/mol. The van der Waals surface area contributed by atoms with Crippen LogP contribution in [0.25, 0.3) is 28.4 Å². The van der Waals surface area contributed by atoms with Gasteiger partial charge in [0.1, 0.15) is 11.1 Å². The number of fused-ring (bicyclic) bond motifs is 5. The summed E-state index contributed by atoms with van der Waals surface area (Å²) in [4.78, 5) is 25.9. The van der Waals surface area contributed by atoms with Gasteiger partial charge in [-0.25, -0.2) is 19.3 Å². The second kappa shape index (κ2) is 10.7. The van der Waals surface area contributed by atoms with Crippen LogP contribution < -0.4 is 11.1 Å².